The van der Waals surface area contributed by atoms with Gasteiger partial charge in [-0.15, -0.1) is 11.8 Å². The predicted molar refractivity (Wildman–Crippen MR) is 107 cm³/mol. The van der Waals surface area contributed by atoms with E-state index < -0.39 is 0 Å². The largest absolute Gasteiger partial charge is 0.340 e. The second-order valence-corrected chi connectivity index (χ2v) is 7.35. The van der Waals surface area contributed by atoms with Crippen molar-refractivity contribution in [2.24, 2.45) is 0 Å². The molecule has 0 radical (unpaired) electrons. The lowest BCUT2D eigenvalue weighted by Crippen LogP contribution is -2.45. The van der Waals surface area contributed by atoms with Gasteiger partial charge in [0.05, 0.1) is 5.39 Å². The van der Waals surface area contributed by atoms with Crippen LogP contribution < -0.4 is 10.5 Å². The lowest BCUT2D eigenvalue weighted by Gasteiger charge is -2.32. The van der Waals surface area contributed by atoms with Gasteiger partial charge >= 0.3 is 0 Å². The fourth-order valence-corrected chi connectivity index (χ4v) is 3.64. The smallest absolute Gasteiger partial charge is 0.262 e. The van der Waals surface area contributed by atoms with Crippen LogP contribution in [0.5, 0.6) is 0 Å². The number of fused-ring (bicyclic) bond motifs is 1. The molecule has 1 aromatic carbocycles. The second-order valence-electron chi connectivity index (χ2n) is 6.47. The molecule has 7 heteroatoms. The molecule has 0 spiro atoms. The number of likely N-dealkylation sites (N-methyl/N-ethyl adjacent to an activating group) is 1. The number of piperazine rings is 1. The Balaban J connectivity index is 1.78. The van der Waals surface area contributed by atoms with Crippen molar-refractivity contribution in [1.29, 1.82) is 0 Å². The molecule has 0 unspecified atom stereocenters. The molecule has 2 aromatic heterocycles. The Kier molecular flexibility index (Phi) is 4.65. The van der Waals surface area contributed by atoms with E-state index in [9.17, 15) is 4.79 Å². The molecule has 1 aliphatic rings. The molecule has 6 nitrogen and oxygen atoms in total. The van der Waals surface area contributed by atoms with Crippen LogP contribution in [0.1, 0.15) is 0 Å². The zero-order valence-corrected chi connectivity index (χ0v) is 15.7. The Bertz CT molecular complexity index is 977. The number of H-pyrrole nitrogens is 1. The van der Waals surface area contributed by atoms with Crippen LogP contribution in [0.25, 0.3) is 22.2 Å². The zero-order chi connectivity index (χ0) is 18.1. The number of rotatable bonds is 3. The van der Waals surface area contributed by atoms with E-state index in [0.717, 1.165) is 37.3 Å². The fraction of sp³-hybridized carbons (Fsp3) is 0.316. The number of hydrogen-bond acceptors (Lipinski definition) is 6. The number of aromatic amines is 1. The quantitative estimate of drug-likeness (QED) is 0.718. The Hall–Kier alpha value is -2.38. The summed E-state index contributed by atoms with van der Waals surface area (Å²) in [6.07, 6.45) is 3.77. The first kappa shape index (κ1) is 17.1. The van der Waals surface area contributed by atoms with Crippen molar-refractivity contribution in [2.45, 2.75) is 4.90 Å². The Morgan fingerprint density at radius 1 is 1.08 bits per heavy atom. The van der Waals surface area contributed by atoms with Crippen molar-refractivity contribution < 1.29 is 0 Å². The molecule has 1 N–H and O–H groups in total. The van der Waals surface area contributed by atoms with Gasteiger partial charge in [0.15, 0.2) is 5.65 Å². The van der Waals surface area contributed by atoms with Gasteiger partial charge in [-0.2, -0.15) is 4.98 Å². The summed E-state index contributed by atoms with van der Waals surface area (Å²) in [5.74, 6) is 0.609. The minimum absolute atomic E-state index is 0.138. The van der Waals surface area contributed by atoms with Crippen LogP contribution in [0.3, 0.4) is 0 Å². The van der Waals surface area contributed by atoms with Crippen LogP contribution in [0.4, 0.5) is 5.95 Å². The van der Waals surface area contributed by atoms with Crippen LogP contribution in [0.2, 0.25) is 0 Å². The van der Waals surface area contributed by atoms with E-state index >= 15 is 0 Å². The highest BCUT2D eigenvalue weighted by molar-refractivity contribution is 7.98. The summed E-state index contributed by atoms with van der Waals surface area (Å²) in [7, 11) is 2.10. The number of pyridine rings is 1. The van der Waals surface area contributed by atoms with Crippen LogP contribution >= 0.6 is 11.8 Å². The molecule has 0 atom stereocenters. The highest BCUT2D eigenvalue weighted by Crippen LogP contribution is 2.27. The van der Waals surface area contributed by atoms with Crippen LogP contribution in [0, 0.1) is 0 Å². The van der Waals surface area contributed by atoms with E-state index in [4.69, 9.17) is 0 Å². The molecular weight excluding hydrogens is 346 g/mol. The number of nitrogens with zero attached hydrogens (tertiary/aromatic N) is 4. The van der Waals surface area contributed by atoms with Crippen molar-refractivity contribution in [2.75, 3.05) is 44.4 Å². The summed E-state index contributed by atoms with van der Waals surface area (Å²) < 4.78 is 0. The average molecular weight is 367 g/mol. The third kappa shape index (κ3) is 3.20. The van der Waals surface area contributed by atoms with Gasteiger partial charge in [0.25, 0.3) is 5.56 Å². The molecule has 1 saturated heterocycles. The number of nitrogens with one attached hydrogen (secondary N) is 1. The van der Waals surface area contributed by atoms with Gasteiger partial charge in [-0.25, -0.2) is 4.98 Å². The molecule has 3 heterocycles. The molecule has 0 saturated carbocycles. The van der Waals surface area contributed by atoms with Crippen LogP contribution in [-0.4, -0.2) is 59.3 Å². The maximum absolute atomic E-state index is 12.8. The number of benzene rings is 1. The molecule has 1 aliphatic heterocycles. The first-order valence-corrected chi connectivity index (χ1v) is 9.85. The molecule has 134 valence electrons. The zero-order valence-electron chi connectivity index (χ0n) is 14.9. The van der Waals surface area contributed by atoms with Crippen molar-refractivity contribution in [1.82, 2.24) is 19.9 Å². The Labute approximate surface area is 156 Å². The maximum atomic E-state index is 12.8. The van der Waals surface area contributed by atoms with Crippen molar-refractivity contribution >= 4 is 28.7 Å². The highest BCUT2D eigenvalue weighted by Gasteiger charge is 2.18. The van der Waals surface area contributed by atoms with Gasteiger partial charge in [0, 0.05) is 37.3 Å². The van der Waals surface area contributed by atoms with Gasteiger partial charge in [-0.3, -0.25) is 9.78 Å². The SMILES string of the molecule is CSc1ccc(-c2ccnc3nc(N4CCN(C)CC4)[nH]c(=O)c23)cc1. The molecule has 1 fully saturated rings. The van der Waals surface area contributed by atoms with Gasteiger partial charge in [0.1, 0.15) is 0 Å². The molecule has 3 aromatic rings. The van der Waals surface area contributed by atoms with Gasteiger partial charge in [0.2, 0.25) is 5.95 Å². The summed E-state index contributed by atoms with van der Waals surface area (Å²) in [5, 5.41) is 0.544. The van der Waals surface area contributed by atoms with E-state index in [-0.39, 0.29) is 5.56 Å². The Morgan fingerprint density at radius 2 is 1.81 bits per heavy atom. The summed E-state index contributed by atoms with van der Waals surface area (Å²) in [6, 6.07) is 10.1. The minimum atomic E-state index is -0.138. The molecule has 4 rings (SSSR count). The van der Waals surface area contributed by atoms with Crippen LogP contribution in [0.15, 0.2) is 46.2 Å². The van der Waals surface area contributed by atoms with Crippen molar-refractivity contribution in [3.63, 3.8) is 0 Å². The number of aromatic nitrogens is 3. The number of hydrogen-bond donors (Lipinski definition) is 1. The lowest BCUT2D eigenvalue weighted by molar-refractivity contribution is 0.311. The summed E-state index contributed by atoms with van der Waals surface area (Å²) >= 11 is 1.70. The van der Waals surface area contributed by atoms with Gasteiger partial charge < -0.3 is 9.80 Å². The maximum Gasteiger partial charge on any atom is 0.262 e. The molecule has 0 aliphatic carbocycles. The summed E-state index contributed by atoms with van der Waals surface area (Å²) in [6.45, 7) is 3.61. The first-order chi connectivity index (χ1) is 12.7. The lowest BCUT2D eigenvalue weighted by atomic mass is 10.0. The molecular formula is C19H21N5OS. The van der Waals surface area contributed by atoms with Crippen molar-refractivity contribution in [3.05, 3.63) is 46.9 Å². The number of thioether (sulfide) groups is 1. The summed E-state index contributed by atoms with van der Waals surface area (Å²) in [4.78, 5) is 30.4. The average Bonchev–Trinajstić information content (AvgIpc) is 2.68. The topological polar surface area (TPSA) is 65.1 Å². The Morgan fingerprint density at radius 3 is 2.50 bits per heavy atom. The molecule has 0 bridgehead atoms. The summed E-state index contributed by atoms with van der Waals surface area (Å²) in [5.41, 5.74) is 2.21. The van der Waals surface area contributed by atoms with Crippen molar-refractivity contribution in [3.8, 4) is 11.1 Å². The predicted octanol–water partition coefficient (Wildman–Crippen LogP) is 2.46. The van der Waals surface area contributed by atoms with Gasteiger partial charge in [-0.05, 0) is 42.6 Å². The van der Waals surface area contributed by atoms with Gasteiger partial charge in [-0.1, -0.05) is 12.1 Å². The third-order valence-corrected chi connectivity index (χ3v) is 5.54. The van der Waals surface area contributed by atoms with E-state index in [1.165, 1.54) is 4.90 Å². The standard InChI is InChI=1S/C19H21N5OS/c1-23-9-11-24(12-10-23)19-21-17-16(18(25)22-19)15(7-8-20-17)13-3-5-14(26-2)6-4-13/h3-8H,9-12H2,1-2H3,(H,20,21,22,25). The van der Waals surface area contributed by atoms with Crippen LogP contribution in [-0.2, 0) is 0 Å². The van der Waals surface area contributed by atoms with E-state index in [0.29, 0.717) is 17.0 Å². The third-order valence-electron chi connectivity index (χ3n) is 4.80. The fourth-order valence-electron chi connectivity index (χ4n) is 3.23. The second kappa shape index (κ2) is 7.09. The van der Waals surface area contributed by atoms with E-state index in [1.807, 2.05) is 24.5 Å². The van der Waals surface area contributed by atoms with E-state index in [2.05, 4.69) is 43.9 Å². The monoisotopic (exact) mass is 367 g/mol. The normalized spacial score (nSPS) is 15.5. The van der Waals surface area contributed by atoms with E-state index in [1.54, 1.807) is 18.0 Å². The minimum Gasteiger partial charge on any atom is -0.340 e. The molecule has 0 amide bonds. The highest BCUT2D eigenvalue weighted by atomic mass is 32.2. The first-order valence-electron chi connectivity index (χ1n) is 8.62. The number of anilines is 1. The molecule has 26 heavy (non-hydrogen) atoms.